The summed E-state index contributed by atoms with van der Waals surface area (Å²) in [7, 11) is 0. The largest absolute Gasteiger partial charge is 0.423 e. The van der Waals surface area contributed by atoms with Gasteiger partial charge < -0.3 is 14.5 Å². The Morgan fingerprint density at radius 1 is 0.737 bits per heavy atom. The summed E-state index contributed by atoms with van der Waals surface area (Å²) in [5.41, 5.74) is 1.39. The number of hydrogen-bond donors (Lipinski definition) is 0. The Kier molecular flexibility index (Phi) is 6.68. The highest BCUT2D eigenvalue weighted by Gasteiger charge is 2.34. The molecule has 1 heterocycles. The van der Waals surface area contributed by atoms with E-state index in [0.717, 1.165) is 48.2 Å². The summed E-state index contributed by atoms with van der Waals surface area (Å²) in [5, 5.41) is 22.5. The second kappa shape index (κ2) is 10.4. The first-order chi connectivity index (χ1) is 18.4. The Balaban J connectivity index is 1.48. The first-order valence-electron chi connectivity index (χ1n) is 11.8. The highest BCUT2D eigenvalue weighted by Crippen LogP contribution is 2.38. The molecule has 10 nitrogen and oxygen atoms in total. The van der Waals surface area contributed by atoms with Crippen molar-refractivity contribution in [2.75, 3.05) is 22.9 Å². The molecule has 10 heteroatoms. The summed E-state index contributed by atoms with van der Waals surface area (Å²) >= 11 is 0. The number of non-ortho nitro benzene ring substituents is 1. The van der Waals surface area contributed by atoms with Gasteiger partial charge in [-0.3, -0.25) is 20.2 Å². The van der Waals surface area contributed by atoms with Gasteiger partial charge in [0.2, 0.25) is 0 Å². The van der Waals surface area contributed by atoms with Gasteiger partial charge >= 0.3 is 5.97 Å². The van der Waals surface area contributed by atoms with Gasteiger partial charge in [0.05, 0.1) is 15.9 Å². The zero-order valence-corrected chi connectivity index (χ0v) is 20.0. The molecule has 38 heavy (non-hydrogen) atoms. The number of ether oxygens (including phenoxy) is 1. The molecule has 0 aliphatic carbocycles. The molecule has 4 aromatic carbocycles. The van der Waals surface area contributed by atoms with E-state index in [1.54, 1.807) is 18.2 Å². The molecule has 0 atom stereocenters. The lowest BCUT2D eigenvalue weighted by atomic mass is 10.1. The zero-order chi connectivity index (χ0) is 26.6. The third-order valence-electron chi connectivity index (χ3n) is 6.32. The molecular weight excluding hydrogens is 488 g/mol. The molecule has 0 unspecified atom stereocenters. The Morgan fingerprint density at radius 2 is 1.34 bits per heavy atom. The van der Waals surface area contributed by atoms with Gasteiger partial charge in [-0.05, 0) is 48.0 Å². The van der Waals surface area contributed by atoms with Crippen molar-refractivity contribution in [2.24, 2.45) is 0 Å². The highest BCUT2D eigenvalue weighted by atomic mass is 16.6. The van der Waals surface area contributed by atoms with Crippen molar-refractivity contribution in [3.8, 4) is 5.75 Å². The van der Waals surface area contributed by atoms with E-state index in [0.29, 0.717) is 0 Å². The minimum Gasteiger partial charge on any atom is -0.423 e. The Labute approximate surface area is 217 Å². The summed E-state index contributed by atoms with van der Waals surface area (Å²) < 4.78 is 5.52. The fourth-order valence-corrected chi connectivity index (χ4v) is 4.63. The van der Waals surface area contributed by atoms with Gasteiger partial charge in [-0.1, -0.05) is 48.5 Å². The highest BCUT2D eigenvalue weighted by molar-refractivity contribution is 5.95. The van der Waals surface area contributed by atoms with Gasteiger partial charge in [-0.25, -0.2) is 4.79 Å². The van der Waals surface area contributed by atoms with Crippen molar-refractivity contribution < 1.29 is 19.4 Å². The number of nitrogens with zero attached hydrogens (tertiary/aromatic N) is 4. The number of esters is 1. The number of nitro benzene ring substituents is 2. The van der Waals surface area contributed by atoms with Gasteiger partial charge in [0.1, 0.15) is 17.5 Å². The molecule has 1 aliphatic heterocycles. The van der Waals surface area contributed by atoms with Crippen molar-refractivity contribution in [1.29, 1.82) is 0 Å². The second-order valence-electron chi connectivity index (χ2n) is 8.61. The Hall–Kier alpha value is -5.25. The lowest BCUT2D eigenvalue weighted by Crippen LogP contribution is -2.31. The third-order valence-corrected chi connectivity index (χ3v) is 6.32. The summed E-state index contributed by atoms with van der Waals surface area (Å²) in [6, 6.07) is 29.8. The number of rotatable bonds is 7. The molecule has 0 bridgehead atoms. The Bertz CT molecular complexity index is 1450. The summed E-state index contributed by atoms with van der Waals surface area (Å²) in [5.74, 6) is -0.775. The molecule has 0 radical (unpaired) electrons. The topological polar surface area (TPSA) is 119 Å². The van der Waals surface area contributed by atoms with Crippen LogP contribution in [0.3, 0.4) is 0 Å². The summed E-state index contributed by atoms with van der Waals surface area (Å²) in [6.07, 6.45) is -0.202. The van der Waals surface area contributed by atoms with E-state index in [-0.39, 0.29) is 17.5 Å². The number of benzene rings is 4. The number of hydrogen-bond acceptors (Lipinski definition) is 8. The standard InChI is InChI=1S/C28H22N4O6/c33-28(25-15-14-23(31(34)35)19-26(25)32(36)37)38-24-13-7-8-20(18-24)27-29(21-9-3-1-4-10-21)16-17-30(27)22-11-5-2-6-12-22/h1-15,18-19,27H,16-17H2. The normalized spacial score (nSPS) is 13.4. The Morgan fingerprint density at radius 3 is 1.89 bits per heavy atom. The molecule has 0 aromatic heterocycles. The van der Waals surface area contributed by atoms with Gasteiger partial charge in [-0.15, -0.1) is 0 Å². The van der Waals surface area contributed by atoms with Crippen LogP contribution in [0.2, 0.25) is 0 Å². The molecule has 190 valence electrons. The van der Waals surface area contributed by atoms with Gasteiger partial charge in [0.15, 0.2) is 0 Å². The second-order valence-corrected chi connectivity index (χ2v) is 8.61. The maximum atomic E-state index is 12.9. The van der Waals surface area contributed by atoms with Crippen molar-refractivity contribution in [3.63, 3.8) is 0 Å². The number of nitro groups is 2. The average Bonchev–Trinajstić information content (AvgIpc) is 3.39. The number of para-hydroxylation sites is 2. The molecule has 0 N–H and O–H groups in total. The molecule has 5 rings (SSSR count). The fraction of sp³-hybridized carbons (Fsp3) is 0.107. The van der Waals surface area contributed by atoms with Gasteiger partial charge in [-0.2, -0.15) is 0 Å². The van der Waals surface area contributed by atoms with E-state index in [1.807, 2.05) is 66.7 Å². The van der Waals surface area contributed by atoms with E-state index in [2.05, 4.69) is 9.80 Å². The molecule has 1 aliphatic rings. The van der Waals surface area contributed by atoms with Crippen LogP contribution in [0.15, 0.2) is 103 Å². The maximum Gasteiger partial charge on any atom is 0.350 e. The molecule has 0 spiro atoms. The monoisotopic (exact) mass is 510 g/mol. The van der Waals surface area contributed by atoms with Crippen LogP contribution >= 0.6 is 0 Å². The fourth-order valence-electron chi connectivity index (χ4n) is 4.63. The maximum absolute atomic E-state index is 12.9. The van der Waals surface area contributed by atoms with Crippen molar-refractivity contribution in [1.82, 2.24) is 0 Å². The van der Waals surface area contributed by atoms with E-state index in [1.165, 1.54) is 0 Å². The average molecular weight is 511 g/mol. The van der Waals surface area contributed by atoms with Crippen molar-refractivity contribution in [2.45, 2.75) is 6.17 Å². The molecular formula is C28H22N4O6. The SMILES string of the molecule is O=C(Oc1cccc(C2N(c3ccccc3)CCN2c2ccccc2)c1)c1ccc([N+](=O)[O-])cc1[N+](=O)[O-]. The lowest BCUT2D eigenvalue weighted by Gasteiger charge is -2.33. The first-order valence-corrected chi connectivity index (χ1v) is 11.8. The van der Waals surface area contributed by atoms with Crippen molar-refractivity contribution >= 4 is 28.7 Å². The molecule has 0 amide bonds. The van der Waals surface area contributed by atoms with E-state index in [4.69, 9.17) is 4.74 Å². The van der Waals surface area contributed by atoms with Crippen molar-refractivity contribution in [3.05, 3.63) is 134 Å². The number of anilines is 2. The smallest absolute Gasteiger partial charge is 0.350 e. The third kappa shape index (κ3) is 4.87. The van der Waals surface area contributed by atoms with Crippen LogP contribution in [-0.4, -0.2) is 28.9 Å². The molecule has 0 saturated carbocycles. The van der Waals surface area contributed by atoms with E-state index in [9.17, 15) is 25.0 Å². The van der Waals surface area contributed by atoms with Crippen LogP contribution in [0.1, 0.15) is 22.1 Å². The quantitative estimate of drug-likeness (QED) is 0.133. The molecule has 1 fully saturated rings. The predicted molar refractivity (Wildman–Crippen MR) is 141 cm³/mol. The van der Waals surface area contributed by atoms with Gasteiger partial charge in [0, 0.05) is 30.5 Å². The first kappa shape index (κ1) is 24.4. The van der Waals surface area contributed by atoms with Crippen LogP contribution in [0.4, 0.5) is 22.7 Å². The number of carbonyl (C=O) groups excluding carboxylic acids is 1. The van der Waals surface area contributed by atoms with E-state index < -0.39 is 27.2 Å². The van der Waals surface area contributed by atoms with Crippen LogP contribution in [0, 0.1) is 20.2 Å². The van der Waals surface area contributed by atoms with Crippen LogP contribution in [0.5, 0.6) is 5.75 Å². The van der Waals surface area contributed by atoms with Crippen LogP contribution in [-0.2, 0) is 0 Å². The van der Waals surface area contributed by atoms with Crippen LogP contribution in [0.25, 0.3) is 0 Å². The number of carbonyl (C=O) groups is 1. The molecule has 4 aromatic rings. The summed E-state index contributed by atoms with van der Waals surface area (Å²) in [6.45, 7) is 1.53. The minimum atomic E-state index is -0.977. The zero-order valence-electron chi connectivity index (χ0n) is 20.0. The summed E-state index contributed by atoms with van der Waals surface area (Å²) in [4.78, 5) is 38.3. The lowest BCUT2D eigenvalue weighted by molar-refractivity contribution is -0.394. The van der Waals surface area contributed by atoms with Crippen LogP contribution < -0.4 is 14.5 Å². The van der Waals surface area contributed by atoms with E-state index >= 15 is 0 Å². The molecule has 1 saturated heterocycles. The van der Waals surface area contributed by atoms with Gasteiger partial charge in [0.25, 0.3) is 11.4 Å². The minimum absolute atomic E-state index is 0.202. The predicted octanol–water partition coefficient (Wildman–Crippen LogP) is 5.75.